The summed E-state index contributed by atoms with van der Waals surface area (Å²) in [6, 6.07) is 4.10. The number of halogens is 1. The Bertz CT molecular complexity index is 407. The van der Waals surface area contributed by atoms with Gasteiger partial charge in [0.15, 0.2) is 0 Å². The first-order valence-corrected chi connectivity index (χ1v) is 5.91. The Morgan fingerprint density at radius 3 is 2.78 bits per heavy atom. The SMILES string of the molecule is CC(=NO)c1cc(F)ccc1OCCCCCO. The van der Waals surface area contributed by atoms with Gasteiger partial charge in [-0.25, -0.2) is 4.39 Å². The summed E-state index contributed by atoms with van der Waals surface area (Å²) in [5.41, 5.74) is 0.750. The molecule has 0 aliphatic heterocycles. The van der Waals surface area contributed by atoms with E-state index in [2.05, 4.69) is 5.16 Å². The van der Waals surface area contributed by atoms with Gasteiger partial charge in [-0.15, -0.1) is 0 Å². The second kappa shape index (κ2) is 7.66. The third-order valence-corrected chi connectivity index (χ3v) is 2.54. The van der Waals surface area contributed by atoms with Crippen molar-refractivity contribution >= 4 is 5.71 Å². The highest BCUT2D eigenvalue weighted by Gasteiger charge is 2.09. The quantitative estimate of drug-likeness (QED) is 0.340. The second-order valence-electron chi connectivity index (χ2n) is 3.96. The first-order chi connectivity index (χ1) is 8.69. The predicted octanol–water partition coefficient (Wildman–Crippen LogP) is 2.57. The van der Waals surface area contributed by atoms with Crippen LogP contribution in [0.1, 0.15) is 31.7 Å². The monoisotopic (exact) mass is 255 g/mol. The smallest absolute Gasteiger partial charge is 0.128 e. The summed E-state index contributed by atoms with van der Waals surface area (Å²) in [6.45, 7) is 2.24. The average molecular weight is 255 g/mol. The fraction of sp³-hybridized carbons (Fsp3) is 0.462. The fourth-order valence-electron chi connectivity index (χ4n) is 1.54. The molecule has 2 N–H and O–H groups in total. The van der Waals surface area contributed by atoms with Crippen LogP contribution in [0.5, 0.6) is 5.75 Å². The summed E-state index contributed by atoms with van der Waals surface area (Å²) >= 11 is 0. The Kier molecular flexibility index (Phi) is 6.14. The van der Waals surface area contributed by atoms with E-state index in [-0.39, 0.29) is 6.61 Å². The van der Waals surface area contributed by atoms with Gasteiger partial charge in [0.1, 0.15) is 11.6 Å². The molecule has 0 heterocycles. The number of aliphatic hydroxyl groups excluding tert-OH is 1. The van der Waals surface area contributed by atoms with Gasteiger partial charge in [0.2, 0.25) is 0 Å². The highest BCUT2D eigenvalue weighted by molar-refractivity contribution is 6.00. The lowest BCUT2D eigenvalue weighted by Crippen LogP contribution is -2.04. The van der Waals surface area contributed by atoms with Gasteiger partial charge in [-0.3, -0.25) is 0 Å². The minimum Gasteiger partial charge on any atom is -0.493 e. The molecule has 5 heteroatoms. The molecule has 0 unspecified atom stereocenters. The van der Waals surface area contributed by atoms with Gasteiger partial charge in [0.05, 0.1) is 12.3 Å². The number of hydrogen-bond acceptors (Lipinski definition) is 4. The Labute approximate surface area is 106 Å². The molecule has 0 saturated carbocycles. The molecular formula is C13H18FNO3. The molecule has 0 amide bonds. The molecule has 0 atom stereocenters. The summed E-state index contributed by atoms with van der Waals surface area (Å²) in [5, 5.41) is 20.4. The minimum atomic E-state index is -0.402. The Hall–Kier alpha value is -1.62. The molecule has 1 aromatic rings. The molecule has 0 bridgehead atoms. The Morgan fingerprint density at radius 2 is 2.11 bits per heavy atom. The van der Waals surface area contributed by atoms with Crippen molar-refractivity contribution < 1.29 is 19.4 Å². The second-order valence-corrected chi connectivity index (χ2v) is 3.96. The molecule has 0 spiro atoms. The van der Waals surface area contributed by atoms with Crippen molar-refractivity contribution in [2.24, 2.45) is 5.16 Å². The van der Waals surface area contributed by atoms with Crippen LogP contribution < -0.4 is 4.74 Å². The first kappa shape index (κ1) is 14.4. The highest BCUT2D eigenvalue weighted by Crippen LogP contribution is 2.21. The topological polar surface area (TPSA) is 62.1 Å². The number of ether oxygens (including phenoxy) is 1. The standard InChI is InChI=1S/C13H18FNO3/c1-10(15-17)12-9-11(14)5-6-13(12)18-8-4-2-3-7-16/h5-6,9,16-17H,2-4,7-8H2,1H3. The summed E-state index contributed by atoms with van der Waals surface area (Å²) in [6.07, 6.45) is 2.43. The van der Waals surface area contributed by atoms with Crippen LogP contribution in [-0.2, 0) is 0 Å². The number of hydrogen-bond donors (Lipinski definition) is 2. The van der Waals surface area contributed by atoms with Crippen molar-refractivity contribution in [3.05, 3.63) is 29.6 Å². The zero-order valence-corrected chi connectivity index (χ0v) is 10.4. The Balaban J connectivity index is 2.64. The van der Waals surface area contributed by atoms with Crippen molar-refractivity contribution in [3.8, 4) is 5.75 Å². The third kappa shape index (κ3) is 4.33. The maximum absolute atomic E-state index is 13.1. The van der Waals surface area contributed by atoms with Crippen molar-refractivity contribution in [1.29, 1.82) is 0 Å². The van der Waals surface area contributed by atoms with E-state index in [9.17, 15) is 4.39 Å². The summed E-state index contributed by atoms with van der Waals surface area (Å²) in [7, 11) is 0. The Morgan fingerprint density at radius 1 is 1.33 bits per heavy atom. The molecule has 0 aliphatic rings. The molecule has 0 aromatic heterocycles. The lowest BCUT2D eigenvalue weighted by Gasteiger charge is -2.10. The van der Waals surface area contributed by atoms with Crippen molar-refractivity contribution in [3.63, 3.8) is 0 Å². The number of benzene rings is 1. The van der Waals surface area contributed by atoms with Crippen LogP contribution in [0.25, 0.3) is 0 Å². The summed E-state index contributed by atoms with van der Waals surface area (Å²) < 4.78 is 18.6. The van der Waals surface area contributed by atoms with Crippen LogP contribution in [0.3, 0.4) is 0 Å². The van der Waals surface area contributed by atoms with E-state index < -0.39 is 5.82 Å². The third-order valence-electron chi connectivity index (χ3n) is 2.54. The van der Waals surface area contributed by atoms with Gasteiger partial charge in [0.25, 0.3) is 0 Å². The van der Waals surface area contributed by atoms with Gasteiger partial charge >= 0.3 is 0 Å². The van der Waals surface area contributed by atoms with Crippen LogP contribution in [0.4, 0.5) is 4.39 Å². The number of aliphatic hydroxyl groups is 1. The normalized spacial score (nSPS) is 11.6. The molecule has 0 fully saturated rings. The maximum Gasteiger partial charge on any atom is 0.128 e. The van der Waals surface area contributed by atoms with E-state index in [1.165, 1.54) is 18.2 Å². The molecule has 100 valence electrons. The van der Waals surface area contributed by atoms with Crippen LogP contribution in [0, 0.1) is 5.82 Å². The summed E-state index contributed by atoms with van der Waals surface area (Å²) in [5.74, 6) is 0.0938. The largest absolute Gasteiger partial charge is 0.493 e. The van der Waals surface area contributed by atoms with E-state index >= 15 is 0 Å². The van der Waals surface area contributed by atoms with Gasteiger partial charge in [-0.2, -0.15) is 0 Å². The van der Waals surface area contributed by atoms with Crippen LogP contribution >= 0.6 is 0 Å². The van der Waals surface area contributed by atoms with E-state index in [4.69, 9.17) is 15.1 Å². The summed E-state index contributed by atoms with van der Waals surface area (Å²) in [4.78, 5) is 0. The highest BCUT2D eigenvalue weighted by atomic mass is 19.1. The lowest BCUT2D eigenvalue weighted by molar-refractivity contribution is 0.265. The zero-order chi connectivity index (χ0) is 13.4. The first-order valence-electron chi connectivity index (χ1n) is 5.91. The molecule has 0 radical (unpaired) electrons. The minimum absolute atomic E-state index is 0.179. The predicted molar refractivity (Wildman–Crippen MR) is 66.8 cm³/mol. The van der Waals surface area contributed by atoms with Gasteiger partial charge in [-0.1, -0.05) is 5.16 Å². The van der Waals surface area contributed by atoms with Crippen LogP contribution in [-0.4, -0.2) is 29.2 Å². The number of nitrogens with zero attached hydrogens (tertiary/aromatic N) is 1. The van der Waals surface area contributed by atoms with Crippen molar-refractivity contribution in [1.82, 2.24) is 0 Å². The molecule has 0 saturated heterocycles. The molecule has 1 aromatic carbocycles. The van der Waals surface area contributed by atoms with Crippen LogP contribution in [0.15, 0.2) is 23.4 Å². The van der Waals surface area contributed by atoms with E-state index in [0.29, 0.717) is 23.6 Å². The van der Waals surface area contributed by atoms with Gasteiger partial charge in [0, 0.05) is 12.2 Å². The number of unbranched alkanes of at least 4 members (excludes halogenated alkanes) is 2. The van der Waals surface area contributed by atoms with Crippen molar-refractivity contribution in [2.75, 3.05) is 13.2 Å². The van der Waals surface area contributed by atoms with Gasteiger partial charge < -0.3 is 15.1 Å². The molecule has 1 rings (SSSR count). The maximum atomic E-state index is 13.1. The average Bonchev–Trinajstić information content (AvgIpc) is 2.39. The molecule has 18 heavy (non-hydrogen) atoms. The number of oxime groups is 1. The van der Waals surface area contributed by atoms with E-state index in [1.54, 1.807) is 6.92 Å². The number of rotatable bonds is 7. The van der Waals surface area contributed by atoms with E-state index in [1.807, 2.05) is 0 Å². The zero-order valence-electron chi connectivity index (χ0n) is 10.4. The molecular weight excluding hydrogens is 237 g/mol. The fourth-order valence-corrected chi connectivity index (χ4v) is 1.54. The van der Waals surface area contributed by atoms with Crippen molar-refractivity contribution in [2.45, 2.75) is 26.2 Å². The van der Waals surface area contributed by atoms with Crippen LogP contribution in [0.2, 0.25) is 0 Å². The molecule has 0 aliphatic carbocycles. The van der Waals surface area contributed by atoms with E-state index in [0.717, 1.165) is 19.3 Å². The van der Waals surface area contributed by atoms with Gasteiger partial charge in [-0.05, 0) is 44.4 Å². The molecule has 4 nitrogen and oxygen atoms in total. The lowest BCUT2D eigenvalue weighted by atomic mass is 10.1.